The number of phenols is 1. The van der Waals surface area contributed by atoms with Gasteiger partial charge in [-0.05, 0) is 38.8 Å². The van der Waals surface area contributed by atoms with Crippen LogP contribution in [0.2, 0.25) is 0 Å². The maximum atomic E-state index is 11.5. The van der Waals surface area contributed by atoms with Crippen molar-refractivity contribution in [3.8, 4) is 11.5 Å². The van der Waals surface area contributed by atoms with Gasteiger partial charge in [-0.2, -0.15) is 0 Å². The van der Waals surface area contributed by atoms with Crippen molar-refractivity contribution in [1.29, 1.82) is 0 Å². The van der Waals surface area contributed by atoms with E-state index in [0.717, 1.165) is 31.4 Å². The summed E-state index contributed by atoms with van der Waals surface area (Å²) in [7, 11) is 0. The van der Waals surface area contributed by atoms with Gasteiger partial charge in [0.1, 0.15) is 0 Å². The first-order chi connectivity index (χ1) is 10.2. The van der Waals surface area contributed by atoms with Gasteiger partial charge in [0.15, 0.2) is 11.5 Å². The van der Waals surface area contributed by atoms with Crippen LogP contribution in [0.5, 0.6) is 11.5 Å². The highest BCUT2D eigenvalue weighted by molar-refractivity contribution is 5.76. The van der Waals surface area contributed by atoms with Crippen molar-refractivity contribution in [1.82, 2.24) is 10.6 Å². The number of aromatic hydroxyl groups is 1. The normalized spacial score (nSPS) is 14.0. The van der Waals surface area contributed by atoms with Gasteiger partial charge >= 0.3 is 0 Å². The van der Waals surface area contributed by atoms with Crippen molar-refractivity contribution >= 4 is 5.91 Å². The second-order valence-electron chi connectivity index (χ2n) is 5.32. The van der Waals surface area contributed by atoms with Gasteiger partial charge < -0.3 is 20.5 Å². The highest BCUT2D eigenvalue weighted by Gasteiger charge is 2.22. The Bertz CT molecular complexity index is 473. The van der Waals surface area contributed by atoms with E-state index >= 15 is 0 Å². The number of nitrogens with one attached hydrogen (secondary N) is 2. The van der Waals surface area contributed by atoms with Crippen LogP contribution in [0.4, 0.5) is 0 Å². The monoisotopic (exact) mass is 292 g/mol. The van der Waals surface area contributed by atoms with Crippen LogP contribution in [0.25, 0.3) is 0 Å². The van der Waals surface area contributed by atoms with Crippen LogP contribution < -0.4 is 15.4 Å². The first kappa shape index (κ1) is 15.6. The average Bonchev–Trinajstić information content (AvgIpc) is 3.26. The number of para-hydroxylation sites is 1. The van der Waals surface area contributed by atoms with E-state index in [9.17, 15) is 9.90 Å². The van der Waals surface area contributed by atoms with Crippen molar-refractivity contribution in [3.63, 3.8) is 0 Å². The number of hydrogen-bond donors (Lipinski definition) is 3. The van der Waals surface area contributed by atoms with Gasteiger partial charge in [0, 0.05) is 24.6 Å². The number of phenolic OH excluding ortho intramolecular Hbond substituents is 1. The zero-order valence-corrected chi connectivity index (χ0v) is 12.5. The molecule has 1 amide bonds. The molecule has 1 fully saturated rings. The molecule has 2 rings (SSSR count). The van der Waals surface area contributed by atoms with E-state index < -0.39 is 0 Å². The zero-order valence-electron chi connectivity index (χ0n) is 12.5. The van der Waals surface area contributed by atoms with Gasteiger partial charge in [-0.15, -0.1) is 0 Å². The number of carbonyl (C=O) groups excluding carboxylic acids is 1. The largest absolute Gasteiger partial charge is 0.504 e. The molecule has 3 N–H and O–H groups in total. The first-order valence-electron chi connectivity index (χ1n) is 7.64. The lowest BCUT2D eigenvalue weighted by atomic mass is 10.2. The Morgan fingerprint density at radius 3 is 2.95 bits per heavy atom. The van der Waals surface area contributed by atoms with Crippen LogP contribution in [0.1, 0.15) is 38.2 Å². The lowest BCUT2D eigenvalue weighted by molar-refractivity contribution is -0.121. The second kappa shape index (κ2) is 7.88. The molecule has 0 unspecified atom stereocenters. The Kier molecular flexibility index (Phi) is 5.87. The topological polar surface area (TPSA) is 70.6 Å². The molecular weight excluding hydrogens is 268 g/mol. The van der Waals surface area contributed by atoms with E-state index in [1.54, 1.807) is 6.07 Å². The number of carbonyl (C=O) groups is 1. The van der Waals surface area contributed by atoms with Crippen molar-refractivity contribution in [2.45, 2.75) is 45.2 Å². The smallest absolute Gasteiger partial charge is 0.220 e. The average molecular weight is 292 g/mol. The third-order valence-corrected chi connectivity index (χ3v) is 3.40. The van der Waals surface area contributed by atoms with Gasteiger partial charge in [0.2, 0.25) is 5.91 Å². The lowest BCUT2D eigenvalue weighted by Crippen LogP contribution is -2.26. The maximum absolute atomic E-state index is 11.5. The SMILES string of the molecule is CCOc1cccc(CNCCCC(=O)NC2CC2)c1O. The molecule has 1 aromatic carbocycles. The summed E-state index contributed by atoms with van der Waals surface area (Å²) in [6.07, 6.45) is 3.60. The molecule has 1 aliphatic rings. The van der Waals surface area contributed by atoms with Crippen molar-refractivity contribution in [2.24, 2.45) is 0 Å². The van der Waals surface area contributed by atoms with Crippen LogP contribution in [-0.2, 0) is 11.3 Å². The Hall–Kier alpha value is -1.75. The Morgan fingerprint density at radius 1 is 1.43 bits per heavy atom. The quantitative estimate of drug-likeness (QED) is 0.608. The third-order valence-electron chi connectivity index (χ3n) is 3.40. The van der Waals surface area contributed by atoms with Crippen LogP contribution in [0.3, 0.4) is 0 Å². The lowest BCUT2D eigenvalue weighted by Gasteiger charge is -2.11. The predicted molar refractivity (Wildman–Crippen MR) is 81.4 cm³/mol. The van der Waals surface area contributed by atoms with Gasteiger partial charge in [0.25, 0.3) is 0 Å². The molecule has 0 spiro atoms. The molecule has 0 atom stereocenters. The number of rotatable bonds is 9. The molecular formula is C16H24N2O3. The van der Waals surface area contributed by atoms with Crippen molar-refractivity contribution < 1.29 is 14.6 Å². The highest BCUT2D eigenvalue weighted by Crippen LogP contribution is 2.29. The standard InChI is InChI=1S/C16H24N2O3/c1-2-21-14-6-3-5-12(16(14)20)11-17-10-4-7-15(19)18-13-8-9-13/h3,5-6,13,17,20H,2,4,7-11H2,1H3,(H,18,19). The fourth-order valence-corrected chi connectivity index (χ4v) is 2.11. The number of benzene rings is 1. The number of ether oxygens (including phenoxy) is 1. The van der Waals surface area contributed by atoms with Crippen LogP contribution in [0, 0.1) is 0 Å². The Labute approximate surface area is 125 Å². The predicted octanol–water partition coefficient (Wildman–Crippen LogP) is 1.94. The molecule has 0 saturated heterocycles. The van der Waals surface area contributed by atoms with Crippen molar-refractivity contribution in [3.05, 3.63) is 23.8 Å². The molecule has 116 valence electrons. The molecule has 0 heterocycles. The molecule has 21 heavy (non-hydrogen) atoms. The fourth-order valence-electron chi connectivity index (χ4n) is 2.11. The van der Waals surface area contributed by atoms with E-state index in [1.807, 2.05) is 19.1 Å². The molecule has 1 saturated carbocycles. The summed E-state index contributed by atoms with van der Waals surface area (Å²) in [5.41, 5.74) is 0.809. The highest BCUT2D eigenvalue weighted by atomic mass is 16.5. The summed E-state index contributed by atoms with van der Waals surface area (Å²) in [5.74, 6) is 0.847. The molecule has 1 aromatic rings. The summed E-state index contributed by atoms with van der Waals surface area (Å²) < 4.78 is 5.35. The molecule has 0 radical (unpaired) electrons. The summed E-state index contributed by atoms with van der Waals surface area (Å²) in [4.78, 5) is 11.5. The van der Waals surface area contributed by atoms with E-state index in [2.05, 4.69) is 10.6 Å². The Morgan fingerprint density at radius 2 is 2.24 bits per heavy atom. The number of hydrogen-bond acceptors (Lipinski definition) is 4. The maximum Gasteiger partial charge on any atom is 0.220 e. The summed E-state index contributed by atoms with van der Waals surface area (Å²) in [6, 6.07) is 5.92. The minimum absolute atomic E-state index is 0.139. The van der Waals surface area contributed by atoms with Crippen LogP contribution >= 0.6 is 0 Å². The minimum Gasteiger partial charge on any atom is -0.504 e. The zero-order chi connectivity index (χ0) is 15.1. The van der Waals surface area contributed by atoms with Gasteiger partial charge in [-0.25, -0.2) is 0 Å². The number of amides is 1. The summed E-state index contributed by atoms with van der Waals surface area (Å²) in [6.45, 7) is 3.73. The fraction of sp³-hybridized carbons (Fsp3) is 0.562. The van der Waals surface area contributed by atoms with Gasteiger partial charge in [-0.3, -0.25) is 4.79 Å². The van der Waals surface area contributed by atoms with E-state index in [4.69, 9.17) is 4.74 Å². The summed E-state index contributed by atoms with van der Waals surface area (Å²) >= 11 is 0. The molecule has 0 aliphatic heterocycles. The summed E-state index contributed by atoms with van der Waals surface area (Å²) in [5, 5.41) is 16.3. The molecule has 0 bridgehead atoms. The van der Waals surface area contributed by atoms with Gasteiger partial charge in [0.05, 0.1) is 6.61 Å². The van der Waals surface area contributed by atoms with E-state index in [-0.39, 0.29) is 11.7 Å². The molecule has 1 aliphatic carbocycles. The van der Waals surface area contributed by atoms with Crippen molar-refractivity contribution in [2.75, 3.05) is 13.2 Å². The van der Waals surface area contributed by atoms with Crippen LogP contribution in [-0.4, -0.2) is 30.2 Å². The molecule has 5 nitrogen and oxygen atoms in total. The Balaban J connectivity index is 1.65. The van der Waals surface area contributed by atoms with E-state index in [0.29, 0.717) is 31.4 Å². The van der Waals surface area contributed by atoms with E-state index in [1.165, 1.54) is 0 Å². The first-order valence-corrected chi connectivity index (χ1v) is 7.64. The van der Waals surface area contributed by atoms with Crippen LogP contribution in [0.15, 0.2) is 18.2 Å². The second-order valence-corrected chi connectivity index (χ2v) is 5.32. The molecule has 5 heteroatoms. The van der Waals surface area contributed by atoms with Gasteiger partial charge in [-0.1, -0.05) is 12.1 Å². The molecule has 0 aromatic heterocycles. The minimum atomic E-state index is 0.139. The third kappa shape index (κ3) is 5.27.